The molecule has 2 N–H and O–H groups in total. The van der Waals surface area contributed by atoms with Crippen molar-refractivity contribution < 1.29 is 9.59 Å². The van der Waals surface area contributed by atoms with Crippen LogP contribution in [0.3, 0.4) is 0 Å². The number of carbonyl (C=O) groups excluding carboxylic acids is 2. The molecule has 0 spiro atoms. The second-order valence-electron chi connectivity index (χ2n) is 4.47. The van der Waals surface area contributed by atoms with Gasteiger partial charge < -0.3 is 10.6 Å². The Kier molecular flexibility index (Phi) is 6.77. The van der Waals surface area contributed by atoms with E-state index in [4.69, 9.17) is 23.2 Å². The first-order valence-electron chi connectivity index (χ1n) is 6.79. The maximum atomic E-state index is 11.8. The van der Waals surface area contributed by atoms with Gasteiger partial charge in [-0.25, -0.2) is 0 Å². The molecule has 2 aromatic carbocycles. The van der Waals surface area contributed by atoms with Crippen molar-refractivity contribution in [3.63, 3.8) is 0 Å². The van der Waals surface area contributed by atoms with Crippen LogP contribution in [0.5, 0.6) is 0 Å². The van der Waals surface area contributed by atoms with E-state index in [9.17, 15) is 9.59 Å². The van der Waals surface area contributed by atoms with Crippen molar-refractivity contribution in [2.45, 2.75) is 4.90 Å². The molecule has 2 amide bonds. The van der Waals surface area contributed by atoms with Gasteiger partial charge in [0.05, 0.1) is 15.7 Å². The van der Waals surface area contributed by atoms with Gasteiger partial charge in [-0.15, -0.1) is 11.8 Å². The smallest absolute Gasteiger partial charge is 0.313 e. The largest absolute Gasteiger partial charge is 0.347 e. The molecule has 0 fully saturated rings. The fourth-order valence-electron chi connectivity index (χ4n) is 1.71. The van der Waals surface area contributed by atoms with Gasteiger partial charge in [0.1, 0.15) is 0 Å². The number of amides is 2. The van der Waals surface area contributed by atoms with E-state index in [1.165, 1.54) is 0 Å². The van der Waals surface area contributed by atoms with Crippen LogP contribution in [0.2, 0.25) is 10.0 Å². The van der Waals surface area contributed by atoms with Gasteiger partial charge in [-0.2, -0.15) is 0 Å². The number of rotatable bonds is 5. The van der Waals surface area contributed by atoms with Gasteiger partial charge in [0.15, 0.2) is 0 Å². The first kappa shape index (κ1) is 17.7. The molecule has 0 heterocycles. The molecule has 0 saturated carbocycles. The highest BCUT2D eigenvalue weighted by atomic mass is 35.5. The number of hydrogen-bond donors (Lipinski definition) is 2. The summed E-state index contributed by atoms with van der Waals surface area (Å²) in [6.07, 6.45) is 0. The molecule has 0 aliphatic heterocycles. The summed E-state index contributed by atoms with van der Waals surface area (Å²) in [5.74, 6) is -0.824. The molecule has 4 nitrogen and oxygen atoms in total. The molecule has 0 bridgehead atoms. The van der Waals surface area contributed by atoms with Crippen LogP contribution in [0.4, 0.5) is 5.69 Å². The van der Waals surface area contributed by atoms with E-state index in [-0.39, 0.29) is 5.02 Å². The normalized spacial score (nSPS) is 10.2. The highest BCUT2D eigenvalue weighted by Crippen LogP contribution is 2.29. The van der Waals surface area contributed by atoms with Crippen molar-refractivity contribution >= 4 is 52.5 Å². The Balaban J connectivity index is 1.77. The van der Waals surface area contributed by atoms with Gasteiger partial charge in [0, 0.05) is 17.2 Å². The first-order valence-corrected chi connectivity index (χ1v) is 8.53. The lowest BCUT2D eigenvalue weighted by Crippen LogP contribution is -2.36. The Morgan fingerprint density at radius 1 is 0.957 bits per heavy atom. The van der Waals surface area contributed by atoms with Gasteiger partial charge >= 0.3 is 11.8 Å². The average Bonchev–Trinajstić information content (AvgIpc) is 2.56. The topological polar surface area (TPSA) is 58.2 Å². The van der Waals surface area contributed by atoms with Crippen LogP contribution in [0.25, 0.3) is 0 Å². The molecule has 0 saturated heterocycles. The van der Waals surface area contributed by atoms with Crippen molar-refractivity contribution in [3.05, 3.63) is 58.6 Å². The number of carbonyl (C=O) groups is 2. The lowest BCUT2D eigenvalue weighted by atomic mass is 10.3. The van der Waals surface area contributed by atoms with Crippen molar-refractivity contribution in [3.8, 4) is 0 Å². The zero-order valence-corrected chi connectivity index (χ0v) is 14.3. The Hall–Kier alpha value is -1.69. The minimum Gasteiger partial charge on any atom is -0.347 e. The molecule has 0 aromatic heterocycles. The minimum absolute atomic E-state index is 0.204. The molecular weight excluding hydrogens is 355 g/mol. The Labute approximate surface area is 148 Å². The van der Waals surface area contributed by atoms with Gasteiger partial charge in [0.2, 0.25) is 0 Å². The standard InChI is InChI=1S/C16H14Cl2N2O2S/c17-12-7-4-8-13(14(12)18)20-16(22)15(21)19-9-10-23-11-5-2-1-3-6-11/h1-8H,9-10H2,(H,19,21)(H,20,22). The zero-order valence-electron chi connectivity index (χ0n) is 12.0. The summed E-state index contributed by atoms with van der Waals surface area (Å²) >= 11 is 13.4. The van der Waals surface area contributed by atoms with Crippen LogP contribution >= 0.6 is 35.0 Å². The maximum absolute atomic E-state index is 11.8. The van der Waals surface area contributed by atoms with Crippen molar-refractivity contribution in [1.82, 2.24) is 5.32 Å². The zero-order chi connectivity index (χ0) is 16.7. The van der Waals surface area contributed by atoms with Crippen LogP contribution in [0.1, 0.15) is 0 Å². The van der Waals surface area contributed by atoms with E-state index in [1.807, 2.05) is 30.3 Å². The van der Waals surface area contributed by atoms with Crippen LogP contribution in [-0.4, -0.2) is 24.1 Å². The monoisotopic (exact) mass is 368 g/mol. The van der Waals surface area contributed by atoms with Crippen LogP contribution < -0.4 is 10.6 Å². The minimum atomic E-state index is -0.779. The van der Waals surface area contributed by atoms with E-state index >= 15 is 0 Å². The summed E-state index contributed by atoms with van der Waals surface area (Å²) < 4.78 is 0. The van der Waals surface area contributed by atoms with E-state index in [2.05, 4.69) is 10.6 Å². The molecule has 0 radical (unpaired) electrons. The summed E-state index contributed by atoms with van der Waals surface area (Å²) in [5.41, 5.74) is 0.304. The van der Waals surface area contributed by atoms with Crippen molar-refractivity contribution in [1.29, 1.82) is 0 Å². The third-order valence-corrected chi connectivity index (χ3v) is 4.64. The number of anilines is 1. The molecule has 2 rings (SSSR count). The van der Waals surface area contributed by atoms with Crippen LogP contribution in [0, 0.1) is 0 Å². The molecule has 7 heteroatoms. The van der Waals surface area contributed by atoms with Crippen LogP contribution in [0.15, 0.2) is 53.4 Å². The SMILES string of the molecule is O=C(NCCSc1ccccc1)C(=O)Nc1cccc(Cl)c1Cl. The fraction of sp³-hybridized carbons (Fsp3) is 0.125. The van der Waals surface area contributed by atoms with Gasteiger partial charge in [-0.1, -0.05) is 47.5 Å². The van der Waals surface area contributed by atoms with E-state index < -0.39 is 11.8 Å². The van der Waals surface area contributed by atoms with Crippen molar-refractivity contribution in [2.24, 2.45) is 0 Å². The molecule has 0 aliphatic carbocycles. The summed E-state index contributed by atoms with van der Waals surface area (Å²) in [6, 6.07) is 14.6. The highest BCUT2D eigenvalue weighted by Gasteiger charge is 2.15. The maximum Gasteiger partial charge on any atom is 0.313 e. The predicted molar refractivity (Wildman–Crippen MR) is 95.3 cm³/mol. The Bertz CT molecular complexity index is 696. The second-order valence-corrected chi connectivity index (χ2v) is 6.43. The molecule has 2 aromatic rings. The number of thioether (sulfide) groups is 1. The van der Waals surface area contributed by atoms with Gasteiger partial charge in [-0.05, 0) is 24.3 Å². The first-order chi connectivity index (χ1) is 11.1. The highest BCUT2D eigenvalue weighted by molar-refractivity contribution is 7.99. The molecule has 0 aliphatic rings. The number of hydrogen-bond acceptors (Lipinski definition) is 3. The van der Waals surface area contributed by atoms with Gasteiger partial charge in [0.25, 0.3) is 0 Å². The Morgan fingerprint density at radius 3 is 2.43 bits per heavy atom. The molecule has 120 valence electrons. The summed E-state index contributed by atoms with van der Waals surface area (Å²) in [5, 5.41) is 5.51. The molecule has 0 atom stereocenters. The summed E-state index contributed by atoms with van der Waals surface area (Å²) in [6.45, 7) is 0.384. The molecule has 0 unspecified atom stereocenters. The lowest BCUT2D eigenvalue weighted by molar-refractivity contribution is -0.136. The number of benzene rings is 2. The fourth-order valence-corrected chi connectivity index (χ4v) is 2.85. The summed E-state index contributed by atoms with van der Waals surface area (Å²) in [4.78, 5) is 24.7. The number of halogens is 2. The third-order valence-electron chi connectivity index (χ3n) is 2.81. The third kappa shape index (κ3) is 5.46. The lowest BCUT2D eigenvalue weighted by Gasteiger charge is -2.08. The predicted octanol–water partition coefficient (Wildman–Crippen LogP) is 3.84. The Morgan fingerprint density at radius 2 is 1.70 bits per heavy atom. The average molecular weight is 369 g/mol. The molecule has 23 heavy (non-hydrogen) atoms. The molecular formula is C16H14Cl2N2O2S. The summed E-state index contributed by atoms with van der Waals surface area (Å²) in [7, 11) is 0. The van der Waals surface area contributed by atoms with E-state index in [0.29, 0.717) is 23.0 Å². The van der Waals surface area contributed by atoms with Gasteiger partial charge in [-0.3, -0.25) is 9.59 Å². The van der Waals surface area contributed by atoms with E-state index in [0.717, 1.165) is 4.90 Å². The van der Waals surface area contributed by atoms with Crippen molar-refractivity contribution in [2.75, 3.05) is 17.6 Å². The van der Waals surface area contributed by atoms with Crippen LogP contribution in [-0.2, 0) is 9.59 Å². The quantitative estimate of drug-likeness (QED) is 0.478. The van der Waals surface area contributed by atoms with E-state index in [1.54, 1.807) is 30.0 Å². The number of nitrogens with one attached hydrogen (secondary N) is 2. The second kappa shape index (κ2) is 8.82.